The zero-order chi connectivity index (χ0) is 51.1. The maximum atomic E-state index is 15.4. The Bertz CT molecular complexity index is 2340. The first-order valence-corrected chi connectivity index (χ1v) is 26.7. The number of methoxy groups -OCH3 is 1. The second kappa shape index (κ2) is 26.0. The predicted octanol–water partition coefficient (Wildman–Crippen LogP) is 12.4. The van der Waals surface area contributed by atoms with Crippen molar-refractivity contribution < 1.29 is 53.1 Å². The summed E-state index contributed by atoms with van der Waals surface area (Å²) in [7, 11) is 1.53. The van der Waals surface area contributed by atoms with Crippen molar-refractivity contribution in [2.24, 2.45) is 22.9 Å². The van der Waals surface area contributed by atoms with Crippen LogP contribution in [0.3, 0.4) is 0 Å². The molecule has 2 N–H and O–H groups in total. The van der Waals surface area contributed by atoms with Gasteiger partial charge in [0.05, 0.1) is 30.9 Å². The molecule has 2 aliphatic carbocycles. The molecule has 0 aromatic heterocycles. The average molecular weight is 993 g/mol. The van der Waals surface area contributed by atoms with Crippen LogP contribution in [0.15, 0.2) is 84.1 Å². The first-order chi connectivity index (χ1) is 35.0. The summed E-state index contributed by atoms with van der Waals surface area (Å²) in [6, 6.07) is 16.2. The third-order valence-corrected chi connectivity index (χ3v) is 14.6. The first-order valence-electron chi connectivity index (χ1n) is 26.7. The van der Waals surface area contributed by atoms with Crippen molar-refractivity contribution in [3.8, 4) is 34.5 Å². The van der Waals surface area contributed by atoms with E-state index in [2.05, 4.69) is 19.6 Å². The Balaban J connectivity index is 1.39. The van der Waals surface area contributed by atoms with Gasteiger partial charge in [-0.2, -0.15) is 0 Å². The normalized spacial score (nSPS) is 22.3. The molecule has 0 unspecified atom stereocenters. The first kappa shape index (κ1) is 54.4. The molecule has 0 radical (unpaired) electrons. The molecule has 2 aliphatic heterocycles. The Kier molecular flexibility index (Phi) is 19.7. The number of carbonyl (C=O) groups is 2. The number of rotatable bonds is 29. The summed E-state index contributed by atoms with van der Waals surface area (Å²) in [4.78, 5) is 35.8. The number of aldehydes is 1. The SMILES string of the molecule is C=CCO[C@@]12Oc3ccc(Oc4ccc(OC)c(C=O)c4)cc3[C@H]3[C@H](CCCCO)[C@@H](CCCCO)C=C(C(=NOC(C)(C)C)C[C@@H]1N(Cc1ccc4c(c1)OCO4)C(=O)CCCCCCCCCCC)[C@H]32. The van der Waals surface area contributed by atoms with Crippen LogP contribution in [0.25, 0.3) is 0 Å². The lowest BCUT2D eigenvalue weighted by Crippen LogP contribution is -2.70. The van der Waals surface area contributed by atoms with Crippen molar-refractivity contribution in [2.75, 3.05) is 33.7 Å². The van der Waals surface area contributed by atoms with Gasteiger partial charge in [0.15, 0.2) is 17.8 Å². The van der Waals surface area contributed by atoms with Crippen LogP contribution in [-0.4, -0.2) is 84.2 Å². The zero-order valence-electron chi connectivity index (χ0n) is 43.5. The van der Waals surface area contributed by atoms with Gasteiger partial charge in [0.25, 0.3) is 0 Å². The fourth-order valence-corrected chi connectivity index (χ4v) is 11.2. The quantitative estimate of drug-likeness (QED) is 0.0295. The van der Waals surface area contributed by atoms with E-state index >= 15 is 4.79 Å². The number of nitrogens with zero attached hydrogens (tertiary/aromatic N) is 2. The third-order valence-electron chi connectivity index (χ3n) is 14.6. The summed E-state index contributed by atoms with van der Waals surface area (Å²) in [6.45, 7) is 13.0. The summed E-state index contributed by atoms with van der Waals surface area (Å²) in [5, 5.41) is 25.2. The van der Waals surface area contributed by atoms with E-state index in [0.29, 0.717) is 59.3 Å². The van der Waals surface area contributed by atoms with Crippen LogP contribution in [-0.2, 0) is 20.9 Å². The van der Waals surface area contributed by atoms with E-state index in [0.717, 1.165) is 80.1 Å². The number of aliphatic hydroxyl groups is 2. The molecule has 1 amide bonds. The molecule has 3 aromatic carbocycles. The van der Waals surface area contributed by atoms with Crippen molar-refractivity contribution in [2.45, 2.75) is 167 Å². The van der Waals surface area contributed by atoms with Gasteiger partial charge in [-0.05, 0) is 124 Å². The minimum Gasteiger partial charge on any atom is -0.496 e. The van der Waals surface area contributed by atoms with Gasteiger partial charge >= 0.3 is 0 Å². The van der Waals surface area contributed by atoms with E-state index in [4.69, 9.17) is 38.4 Å². The number of oxime groups is 1. The molecular weight excluding hydrogens is 913 g/mol. The maximum Gasteiger partial charge on any atom is 0.239 e. The van der Waals surface area contributed by atoms with Gasteiger partial charge in [-0.25, -0.2) is 0 Å². The van der Waals surface area contributed by atoms with Crippen molar-refractivity contribution in [1.29, 1.82) is 0 Å². The summed E-state index contributed by atoms with van der Waals surface area (Å²) in [5.74, 6) is 1.24. The van der Waals surface area contributed by atoms with E-state index in [1.807, 2.05) is 62.1 Å². The van der Waals surface area contributed by atoms with Gasteiger partial charge in [0.1, 0.15) is 34.6 Å². The highest BCUT2D eigenvalue weighted by molar-refractivity contribution is 6.03. The molecule has 2 heterocycles. The highest BCUT2D eigenvalue weighted by Crippen LogP contribution is 2.62. The van der Waals surface area contributed by atoms with Gasteiger partial charge in [0.2, 0.25) is 18.5 Å². The largest absolute Gasteiger partial charge is 0.496 e. The molecule has 7 rings (SSSR count). The highest BCUT2D eigenvalue weighted by Gasteiger charge is 2.65. The molecule has 72 heavy (non-hydrogen) atoms. The molecule has 6 atom stereocenters. The summed E-state index contributed by atoms with van der Waals surface area (Å²) in [5.41, 5.74) is 3.23. The maximum absolute atomic E-state index is 15.4. The van der Waals surface area contributed by atoms with Crippen LogP contribution in [0.4, 0.5) is 0 Å². The van der Waals surface area contributed by atoms with Crippen molar-refractivity contribution >= 4 is 17.9 Å². The second-order valence-corrected chi connectivity index (χ2v) is 20.9. The van der Waals surface area contributed by atoms with Crippen LogP contribution in [0.2, 0.25) is 0 Å². The molecular formula is C59H80N2O11. The molecule has 0 saturated heterocycles. The van der Waals surface area contributed by atoms with Crippen LogP contribution >= 0.6 is 0 Å². The minimum atomic E-state index is -1.44. The lowest BCUT2D eigenvalue weighted by atomic mass is 9.55. The summed E-state index contributed by atoms with van der Waals surface area (Å²) in [6.07, 6.45) is 20.1. The number of hydrogen-bond donors (Lipinski definition) is 2. The number of amides is 1. The predicted molar refractivity (Wildman–Crippen MR) is 279 cm³/mol. The molecule has 3 aromatic rings. The fraction of sp³-hybridized carbons (Fsp3) is 0.576. The lowest BCUT2D eigenvalue weighted by molar-refractivity contribution is -0.258. The number of hydrogen-bond acceptors (Lipinski definition) is 12. The Labute approximate surface area is 427 Å². The summed E-state index contributed by atoms with van der Waals surface area (Å²) < 4.78 is 38.4. The molecule has 0 spiro atoms. The van der Waals surface area contributed by atoms with E-state index in [1.54, 1.807) is 24.3 Å². The van der Waals surface area contributed by atoms with Gasteiger partial charge in [0, 0.05) is 44.1 Å². The molecule has 1 saturated carbocycles. The summed E-state index contributed by atoms with van der Waals surface area (Å²) >= 11 is 0. The lowest BCUT2D eigenvalue weighted by Gasteiger charge is -2.60. The molecule has 1 fully saturated rings. The van der Waals surface area contributed by atoms with Crippen molar-refractivity contribution in [1.82, 2.24) is 4.90 Å². The van der Waals surface area contributed by atoms with Gasteiger partial charge in [-0.15, -0.1) is 6.58 Å². The highest BCUT2D eigenvalue weighted by atomic mass is 16.7. The number of fused-ring (bicyclic) bond motifs is 3. The standard InChI is InChI=1S/C59H80N2O11/c1-7-9-10-11-12-13-14-15-16-23-55(65)61(38-41-24-27-52-53(33-41)68-40-67-52)54-37-49(60-72-58(3,4)5)47-35-42(21-17-19-30-62)46(22-18-20-31-63)56-48-36-45(70-44-25-28-50(66-6)43(34-44)39-64)26-29-51(48)71-59(54,57(47)56)69-32-8-2/h8,24-29,33-36,39,42,46,54,56-57,62-63H,2,7,9-23,30-32,37-38,40H2,1,3-6H3/t42-,46+,54-,56+,57+,59+/m0/s1. The van der Waals surface area contributed by atoms with Gasteiger partial charge in [-0.3, -0.25) is 9.59 Å². The Hall–Kier alpha value is -5.37. The number of carbonyl (C=O) groups excluding carboxylic acids is 2. The van der Waals surface area contributed by atoms with Crippen LogP contribution < -0.4 is 23.7 Å². The van der Waals surface area contributed by atoms with Crippen molar-refractivity contribution in [3.05, 3.63) is 95.6 Å². The van der Waals surface area contributed by atoms with Gasteiger partial charge < -0.3 is 48.4 Å². The van der Waals surface area contributed by atoms with Crippen LogP contribution in [0, 0.1) is 17.8 Å². The number of allylic oxidation sites excluding steroid dienone is 1. The zero-order valence-corrected chi connectivity index (χ0v) is 43.5. The molecule has 4 aliphatic rings. The van der Waals surface area contributed by atoms with E-state index in [9.17, 15) is 15.0 Å². The van der Waals surface area contributed by atoms with Crippen molar-refractivity contribution in [3.63, 3.8) is 0 Å². The Morgan fingerprint density at radius 1 is 0.861 bits per heavy atom. The van der Waals surface area contributed by atoms with E-state index < -0.39 is 23.3 Å². The van der Waals surface area contributed by atoms with Crippen LogP contribution in [0.1, 0.15) is 164 Å². The molecule has 0 bridgehead atoms. The number of ether oxygens (including phenoxy) is 6. The smallest absolute Gasteiger partial charge is 0.239 e. The van der Waals surface area contributed by atoms with Gasteiger partial charge in [-0.1, -0.05) is 94.5 Å². The topological polar surface area (TPSA) is 155 Å². The molecule has 13 nitrogen and oxygen atoms in total. The van der Waals surface area contributed by atoms with E-state index in [1.165, 1.54) is 39.2 Å². The molecule has 392 valence electrons. The molecule has 13 heteroatoms. The minimum absolute atomic E-state index is 0.00762. The fourth-order valence-electron chi connectivity index (χ4n) is 11.2. The number of benzene rings is 3. The monoisotopic (exact) mass is 993 g/mol. The Morgan fingerprint density at radius 3 is 2.26 bits per heavy atom. The second-order valence-electron chi connectivity index (χ2n) is 20.9. The Morgan fingerprint density at radius 2 is 1.56 bits per heavy atom. The third kappa shape index (κ3) is 13.2. The number of aliphatic hydroxyl groups excluding tert-OH is 2. The number of unbranched alkanes of at least 4 members (excludes halogenated alkanes) is 10. The average Bonchev–Trinajstić information content (AvgIpc) is 3.85. The van der Waals surface area contributed by atoms with E-state index in [-0.39, 0.29) is 63.2 Å². The van der Waals surface area contributed by atoms with Crippen LogP contribution in [0.5, 0.6) is 34.5 Å².